The molecule has 0 spiro atoms. The number of hydrogen-bond donors (Lipinski definition) is 2. The van der Waals surface area contributed by atoms with Gasteiger partial charge in [-0.1, -0.05) is 31.2 Å². The van der Waals surface area contributed by atoms with E-state index in [2.05, 4.69) is 20.9 Å². The van der Waals surface area contributed by atoms with Gasteiger partial charge < -0.3 is 20.1 Å². The van der Waals surface area contributed by atoms with Gasteiger partial charge in [-0.25, -0.2) is 9.48 Å². The van der Waals surface area contributed by atoms with E-state index in [1.165, 1.54) is 0 Å². The fourth-order valence-corrected chi connectivity index (χ4v) is 3.11. The maximum absolute atomic E-state index is 12.7. The zero-order valence-corrected chi connectivity index (χ0v) is 20.8. The molecule has 0 aliphatic rings. The number of nitrogens with one attached hydrogen (secondary N) is 2. The van der Waals surface area contributed by atoms with E-state index >= 15 is 0 Å². The van der Waals surface area contributed by atoms with Crippen molar-refractivity contribution in [2.45, 2.75) is 66.7 Å². The van der Waals surface area contributed by atoms with Crippen molar-refractivity contribution in [1.29, 1.82) is 0 Å². The molecule has 0 saturated carbocycles. The molecule has 0 bridgehead atoms. The van der Waals surface area contributed by atoms with E-state index < -0.39 is 23.6 Å². The van der Waals surface area contributed by atoms with Gasteiger partial charge in [0.15, 0.2) is 0 Å². The van der Waals surface area contributed by atoms with Crippen molar-refractivity contribution in [3.05, 3.63) is 41.7 Å². The minimum Gasteiger partial charge on any atom is -0.465 e. The second-order valence-corrected chi connectivity index (χ2v) is 9.38. The zero-order valence-electron chi connectivity index (χ0n) is 20.8. The van der Waals surface area contributed by atoms with Crippen molar-refractivity contribution in [2.75, 3.05) is 11.9 Å². The number of esters is 1. The van der Waals surface area contributed by atoms with Crippen molar-refractivity contribution in [1.82, 2.24) is 20.3 Å². The molecule has 1 atom stereocenters. The van der Waals surface area contributed by atoms with Crippen LogP contribution in [0, 0.1) is 11.8 Å². The number of alkyl carbamates (subject to hydrolysis) is 1. The van der Waals surface area contributed by atoms with Crippen LogP contribution in [0.2, 0.25) is 0 Å². The van der Waals surface area contributed by atoms with Crippen LogP contribution >= 0.6 is 0 Å². The number of amides is 2. The van der Waals surface area contributed by atoms with Gasteiger partial charge in [-0.2, -0.15) is 0 Å². The maximum Gasteiger partial charge on any atom is 0.407 e. The topological polar surface area (TPSA) is 124 Å². The molecule has 2 amide bonds. The Kier molecular flexibility index (Phi) is 9.58. The summed E-state index contributed by atoms with van der Waals surface area (Å²) < 4.78 is 11.9. The summed E-state index contributed by atoms with van der Waals surface area (Å²) in [4.78, 5) is 36.6. The van der Waals surface area contributed by atoms with Crippen LogP contribution in [0.3, 0.4) is 0 Å². The van der Waals surface area contributed by atoms with E-state index in [-0.39, 0.29) is 25.0 Å². The van der Waals surface area contributed by atoms with E-state index in [1.54, 1.807) is 50.7 Å². The van der Waals surface area contributed by atoms with Gasteiger partial charge in [0.2, 0.25) is 5.91 Å². The Morgan fingerprint density at radius 1 is 1.12 bits per heavy atom. The van der Waals surface area contributed by atoms with Gasteiger partial charge in [0.05, 0.1) is 25.9 Å². The number of aromatic nitrogens is 3. The molecule has 10 heteroatoms. The first kappa shape index (κ1) is 26.8. The average Bonchev–Trinajstić information content (AvgIpc) is 3.18. The molecule has 0 saturated heterocycles. The molecule has 2 N–H and O–H groups in total. The minimum atomic E-state index is -0.845. The predicted molar refractivity (Wildman–Crippen MR) is 127 cm³/mol. The highest BCUT2D eigenvalue weighted by Gasteiger charge is 2.29. The van der Waals surface area contributed by atoms with Crippen LogP contribution in [0.5, 0.6) is 0 Å². The van der Waals surface area contributed by atoms with Crippen LogP contribution in [-0.2, 0) is 32.2 Å². The van der Waals surface area contributed by atoms with Gasteiger partial charge >= 0.3 is 12.1 Å². The van der Waals surface area contributed by atoms with E-state index in [1.807, 2.05) is 26.0 Å². The number of rotatable bonds is 10. The van der Waals surface area contributed by atoms with Gasteiger partial charge in [0.1, 0.15) is 17.2 Å². The molecule has 34 heavy (non-hydrogen) atoms. The highest BCUT2D eigenvalue weighted by atomic mass is 16.6. The van der Waals surface area contributed by atoms with Crippen molar-refractivity contribution in [3.8, 4) is 0 Å². The molecule has 0 radical (unpaired) electrons. The maximum atomic E-state index is 12.7. The van der Waals surface area contributed by atoms with Gasteiger partial charge in [-0.3, -0.25) is 9.59 Å². The van der Waals surface area contributed by atoms with Crippen molar-refractivity contribution in [2.24, 2.45) is 11.8 Å². The monoisotopic (exact) mass is 473 g/mol. The molecule has 1 aromatic heterocycles. The number of nitrogens with zero attached hydrogens (tertiary/aromatic N) is 3. The Balaban J connectivity index is 1.92. The summed E-state index contributed by atoms with van der Waals surface area (Å²) in [7, 11) is 0. The first-order chi connectivity index (χ1) is 16.0. The molecule has 2 rings (SSSR count). The van der Waals surface area contributed by atoms with Gasteiger partial charge in [0, 0.05) is 5.69 Å². The number of anilines is 1. The summed E-state index contributed by atoms with van der Waals surface area (Å²) in [6, 6.07) is 7.26. The third-order valence-corrected chi connectivity index (χ3v) is 4.56. The summed E-state index contributed by atoms with van der Waals surface area (Å²) in [6.45, 7) is 11.9. The minimum absolute atomic E-state index is 0.175. The molecular formula is C24H35N5O5. The normalized spacial score (nSPS) is 12.2. The fraction of sp³-hybridized carbons (Fsp3) is 0.542. The van der Waals surface area contributed by atoms with Gasteiger partial charge in [-0.05, 0) is 57.7 Å². The zero-order chi connectivity index (χ0) is 25.3. The highest BCUT2D eigenvalue weighted by molar-refractivity contribution is 6.04. The molecule has 0 fully saturated rings. The van der Waals surface area contributed by atoms with E-state index in [0.717, 1.165) is 5.56 Å². The second-order valence-electron chi connectivity index (χ2n) is 9.38. The van der Waals surface area contributed by atoms with E-state index in [0.29, 0.717) is 24.3 Å². The van der Waals surface area contributed by atoms with Crippen LogP contribution in [0.15, 0.2) is 30.5 Å². The lowest BCUT2D eigenvalue weighted by molar-refractivity contribution is -0.151. The standard InChI is InChI=1S/C24H35N5O5/c1-7-33-22(31)20(12-16(2)3)21(30)26-18-10-8-17(9-11-18)14-29-15-19(27-28-29)13-25-23(32)34-24(4,5)6/h8-11,15-16,20H,7,12-14H2,1-6H3,(H,25,32)(H,26,30). The third-order valence-electron chi connectivity index (χ3n) is 4.56. The SMILES string of the molecule is CCOC(=O)C(CC(C)C)C(=O)Nc1ccc(Cn2cc(CNC(=O)OC(C)(C)C)nn2)cc1. The molecule has 1 aromatic carbocycles. The molecule has 0 aliphatic heterocycles. The molecule has 10 nitrogen and oxygen atoms in total. The number of hydrogen-bond acceptors (Lipinski definition) is 7. The summed E-state index contributed by atoms with van der Waals surface area (Å²) in [6.07, 6.45) is 1.64. The number of benzene rings is 1. The van der Waals surface area contributed by atoms with Gasteiger partial charge in [-0.15, -0.1) is 5.10 Å². The second kappa shape index (κ2) is 12.2. The number of carbonyl (C=O) groups is 3. The summed E-state index contributed by atoms with van der Waals surface area (Å²) >= 11 is 0. The van der Waals surface area contributed by atoms with Crippen LogP contribution in [0.25, 0.3) is 0 Å². The average molecular weight is 474 g/mol. The molecule has 1 heterocycles. The van der Waals surface area contributed by atoms with Crippen LogP contribution in [-0.4, -0.2) is 45.2 Å². The fourth-order valence-electron chi connectivity index (χ4n) is 3.11. The van der Waals surface area contributed by atoms with Crippen molar-refractivity contribution < 1.29 is 23.9 Å². The summed E-state index contributed by atoms with van der Waals surface area (Å²) in [5.41, 5.74) is 1.57. The van der Waals surface area contributed by atoms with Gasteiger partial charge in [0.25, 0.3) is 0 Å². The van der Waals surface area contributed by atoms with Crippen molar-refractivity contribution >= 4 is 23.7 Å². The Labute approximate surface area is 200 Å². The smallest absolute Gasteiger partial charge is 0.407 e. The van der Waals surface area contributed by atoms with Crippen LogP contribution in [0.1, 0.15) is 59.2 Å². The van der Waals surface area contributed by atoms with Crippen LogP contribution < -0.4 is 10.6 Å². The lowest BCUT2D eigenvalue weighted by Crippen LogP contribution is -2.32. The molecule has 186 valence electrons. The predicted octanol–water partition coefficient (Wildman–Crippen LogP) is 3.52. The molecule has 0 aliphatic carbocycles. The lowest BCUT2D eigenvalue weighted by atomic mass is 9.96. The van der Waals surface area contributed by atoms with Crippen molar-refractivity contribution in [3.63, 3.8) is 0 Å². The van der Waals surface area contributed by atoms with Crippen LogP contribution in [0.4, 0.5) is 10.5 Å². The molecular weight excluding hydrogens is 438 g/mol. The quantitative estimate of drug-likeness (QED) is 0.400. The Hall–Kier alpha value is -3.43. The molecule has 1 unspecified atom stereocenters. The lowest BCUT2D eigenvalue weighted by Gasteiger charge is -2.19. The third kappa shape index (κ3) is 9.21. The number of carbonyl (C=O) groups excluding carboxylic acids is 3. The van der Waals surface area contributed by atoms with E-state index in [9.17, 15) is 14.4 Å². The first-order valence-electron chi connectivity index (χ1n) is 11.4. The highest BCUT2D eigenvalue weighted by Crippen LogP contribution is 2.18. The Morgan fingerprint density at radius 3 is 2.38 bits per heavy atom. The number of ether oxygens (including phenoxy) is 2. The largest absolute Gasteiger partial charge is 0.465 e. The summed E-state index contributed by atoms with van der Waals surface area (Å²) in [5, 5.41) is 13.6. The Morgan fingerprint density at radius 2 is 1.79 bits per heavy atom. The Bertz CT molecular complexity index is 963. The first-order valence-corrected chi connectivity index (χ1v) is 11.4. The van der Waals surface area contributed by atoms with E-state index in [4.69, 9.17) is 9.47 Å². The molecule has 2 aromatic rings. The summed E-state index contributed by atoms with van der Waals surface area (Å²) in [5.74, 6) is -1.55.